The summed E-state index contributed by atoms with van der Waals surface area (Å²) < 4.78 is 0.699. The highest BCUT2D eigenvalue weighted by molar-refractivity contribution is 9.10. The summed E-state index contributed by atoms with van der Waals surface area (Å²) in [5.41, 5.74) is 0.604. The first-order valence-electron chi connectivity index (χ1n) is 5.85. The fourth-order valence-corrected chi connectivity index (χ4v) is 1.89. The van der Waals surface area contributed by atoms with E-state index in [1.807, 2.05) is 6.07 Å². The number of hydrogen-bond donors (Lipinski definition) is 3. The molecule has 3 N–H and O–H groups in total. The molecular weight excluding hydrogens is 326 g/mol. The lowest BCUT2D eigenvalue weighted by Crippen LogP contribution is -2.46. The summed E-state index contributed by atoms with van der Waals surface area (Å²) in [7, 11) is 0. The van der Waals surface area contributed by atoms with Crippen LogP contribution in [0.1, 0.15) is 19.4 Å². The van der Waals surface area contributed by atoms with Crippen LogP contribution in [0.15, 0.2) is 22.7 Å². The third-order valence-corrected chi connectivity index (χ3v) is 3.06. The van der Waals surface area contributed by atoms with Crippen LogP contribution >= 0.6 is 15.9 Å². The van der Waals surface area contributed by atoms with Crippen molar-refractivity contribution in [1.82, 2.24) is 5.32 Å². The van der Waals surface area contributed by atoms with Gasteiger partial charge in [-0.1, -0.05) is 29.8 Å². The van der Waals surface area contributed by atoms with Gasteiger partial charge in [0.05, 0.1) is 11.3 Å². The molecule has 0 unspecified atom stereocenters. The molecule has 1 atom stereocenters. The molecule has 2 amide bonds. The number of anilines is 1. The lowest BCUT2D eigenvalue weighted by Gasteiger charge is -2.18. The van der Waals surface area contributed by atoms with Crippen LogP contribution in [-0.2, 0) is 4.79 Å². The Morgan fingerprint density at radius 1 is 1.40 bits per heavy atom. The van der Waals surface area contributed by atoms with E-state index in [0.29, 0.717) is 15.7 Å². The maximum absolute atomic E-state index is 11.8. The molecule has 0 radical (unpaired) electrons. The van der Waals surface area contributed by atoms with Gasteiger partial charge in [-0.2, -0.15) is 5.26 Å². The van der Waals surface area contributed by atoms with E-state index < -0.39 is 18.0 Å². The lowest BCUT2D eigenvalue weighted by atomic mass is 10.1. The minimum absolute atomic E-state index is 0.254. The van der Waals surface area contributed by atoms with E-state index in [1.165, 1.54) is 0 Å². The monoisotopic (exact) mass is 339 g/mol. The number of aliphatic carboxylic acids is 1. The number of nitrogens with zero attached hydrogens (tertiary/aromatic N) is 1. The molecule has 0 fully saturated rings. The van der Waals surface area contributed by atoms with Gasteiger partial charge in [0, 0.05) is 4.47 Å². The van der Waals surface area contributed by atoms with Gasteiger partial charge in [0.15, 0.2) is 0 Å². The fraction of sp³-hybridized carbons (Fsp3) is 0.308. The van der Waals surface area contributed by atoms with Crippen molar-refractivity contribution in [2.75, 3.05) is 5.32 Å². The minimum Gasteiger partial charge on any atom is -0.480 e. The summed E-state index contributed by atoms with van der Waals surface area (Å²) in [5, 5.41) is 22.8. The van der Waals surface area contributed by atoms with Gasteiger partial charge in [-0.05, 0) is 24.1 Å². The number of rotatable bonds is 4. The highest BCUT2D eigenvalue weighted by atomic mass is 79.9. The second-order valence-electron chi connectivity index (χ2n) is 4.46. The van der Waals surface area contributed by atoms with Crippen molar-refractivity contribution in [3.63, 3.8) is 0 Å². The van der Waals surface area contributed by atoms with Crippen LogP contribution in [-0.4, -0.2) is 23.1 Å². The third kappa shape index (κ3) is 4.24. The Balaban J connectivity index is 2.84. The van der Waals surface area contributed by atoms with Crippen LogP contribution in [0.25, 0.3) is 0 Å². The van der Waals surface area contributed by atoms with Gasteiger partial charge in [0.2, 0.25) is 0 Å². The number of halogens is 1. The first-order valence-corrected chi connectivity index (χ1v) is 6.64. The zero-order valence-corrected chi connectivity index (χ0v) is 12.6. The van der Waals surface area contributed by atoms with Gasteiger partial charge >= 0.3 is 12.0 Å². The van der Waals surface area contributed by atoms with Crippen molar-refractivity contribution in [2.24, 2.45) is 5.92 Å². The quantitative estimate of drug-likeness (QED) is 0.784. The summed E-state index contributed by atoms with van der Waals surface area (Å²) in [5.74, 6) is -1.36. The number of urea groups is 1. The lowest BCUT2D eigenvalue weighted by molar-refractivity contribution is -0.140. The highest BCUT2D eigenvalue weighted by Crippen LogP contribution is 2.20. The van der Waals surface area contributed by atoms with Crippen LogP contribution in [0.2, 0.25) is 0 Å². The molecule has 0 spiro atoms. The topological polar surface area (TPSA) is 102 Å². The van der Waals surface area contributed by atoms with E-state index in [2.05, 4.69) is 26.6 Å². The standard InChI is InChI=1S/C13H14BrN3O3/c1-7(2)11(12(18)19)17-13(20)16-10-5-9(14)4-3-8(10)6-15/h3-5,7,11H,1-2H3,(H,18,19)(H2,16,17,20)/t11-/m0/s1. The van der Waals surface area contributed by atoms with Gasteiger partial charge in [0.25, 0.3) is 0 Å². The first kappa shape index (κ1) is 16.0. The van der Waals surface area contributed by atoms with E-state index in [4.69, 9.17) is 10.4 Å². The molecule has 1 rings (SSSR count). The molecule has 20 heavy (non-hydrogen) atoms. The van der Waals surface area contributed by atoms with Crippen LogP contribution in [0.4, 0.5) is 10.5 Å². The van der Waals surface area contributed by atoms with Crippen molar-refractivity contribution in [3.8, 4) is 6.07 Å². The molecule has 0 saturated heterocycles. The van der Waals surface area contributed by atoms with Crippen LogP contribution in [0, 0.1) is 17.2 Å². The predicted octanol–water partition coefficient (Wildman–Crippen LogP) is 2.55. The Morgan fingerprint density at radius 3 is 2.55 bits per heavy atom. The molecule has 0 aliphatic heterocycles. The number of hydrogen-bond acceptors (Lipinski definition) is 3. The van der Waals surface area contributed by atoms with E-state index in [0.717, 1.165) is 0 Å². The number of nitriles is 1. The summed E-state index contributed by atoms with van der Waals surface area (Å²) in [6, 6.07) is 5.09. The molecule has 0 heterocycles. The van der Waals surface area contributed by atoms with Crippen LogP contribution in [0.5, 0.6) is 0 Å². The molecule has 6 nitrogen and oxygen atoms in total. The third-order valence-electron chi connectivity index (χ3n) is 2.57. The Hall–Kier alpha value is -2.07. The average molecular weight is 340 g/mol. The predicted molar refractivity (Wildman–Crippen MR) is 77.3 cm³/mol. The molecule has 0 bridgehead atoms. The second-order valence-corrected chi connectivity index (χ2v) is 5.38. The van der Waals surface area contributed by atoms with E-state index >= 15 is 0 Å². The fourth-order valence-electron chi connectivity index (χ4n) is 1.53. The van der Waals surface area contributed by atoms with Crippen molar-refractivity contribution in [3.05, 3.63) is 28.2 Å². The van der Waals surface area contributed by atoms with Crippen molar-refractivity contribution >= 4 is 33.6 Å². The van der Waals surface area contributed by atoms with Crippen molar-refractivity contribution in [1.29, 1.82) is 5.26 Å². The normalized spacial score (nSPS) is 11.6. The minimum atomic E-state index is -1.11. The molecule has 0 saturated carbocycles. The molecule has 0 aliphatic rings. The highest BCUT2D eigenvalue weighted by Gasteiger charge is 2.23. The van der Waals surface area contributed by atoms with Crippen LogP contribution in [0.3, 0.4) is 0 Å². The van der Waals surface area contributed by atoms with E-state index in [9.17, 15) is 9.59 Å². The Bertz CT molecular complexity index is 566. The number of carbonyl (C=O) groups is 2. The summed E-state index contributed by atoms with van der Waals surface area (Å²) in [4.78, 5) is 22.8. The number of amides is 2. The Labute approximate surface area is 124 Å². The zero-order chi connectivity index (χ0) is 15.3. The van der Waals surface area contributed by atoms with Crippen LogP contribution < -0.4 is 10.6 Å². The largest absolute Gasteiger partial charge is 0.480 e. The van der Waals surface area contributed by atoms with E-state index in [1.54, 1.807) is 32.0 Å². The maximum atomic E-state index is 11.8. The van der Waals surface area contributed by atoms with Gasteiger partial charge in [-0.15, -0.1) is 0 Å². The van der Waals surface area contributed by atoms with Gasteiger partial charge in [0.1, 0.15) is 12.1 Å². The molecule has 1 aromatic carbocycles. The number of benzene rings is 1. The SMILES string of the molecule is CC(C)[C@H](NC(=O)Nc1cc(Br)ccc1C#N)C(=O)O. The van der Waals surface area contributed by atoms with Gasteiger partial charge in [-0.3, -0.25) is 0 Å². The smallest absolute Gasteiger partial charge is 0.326 e. The number of carboxylic acid groups (broad SMARTS) is 1. The van der Waals surface area contributed by atoms with Crippen molar-refractivity contribution < 1.29 is 14.7 Å². The van der Waals surface area contributed by atoms with Gasteiger partial charge in [-0.25, -0.2) is 9.59 Å². The molecule has 1 aromatic rings. The zero-order valence-electron chi connectivity index (χ0n) is 11.0. The number of nitrogens with one attached hydrogen (secondary N) is 2. The summed E-state index contributed by atoms with van der Waals surface area (Å²) in [6.07, 6.45) is 0. The average Bonchev–Trinajstić information content (AvgIpc) is 2.35. The van der Waals surface area contributed by atoms with E-state index in [-0.39, 0.29) is 5.92 Å². The molecule has 106 valence electrons. The number of carbonyl (C=O) groups excluding carboxylic acids is 1. The summed E-state index contributed by atoms with van der Waals surface area (Å²) >= 11 is 3.24. The molecule has 0 aromatic heterocycles. The number of carboxylic acids is 1. The molecular formula is C13H14BrN3O3. The van der Waals surface area contributed by atoms with Gasteiger partial charge < -0.3 is 15.7 Å². The maximum Gasteiger partial charge on any atom is 0.326 e. The second kappa shape index (κ2) is 6.91. The summed E-state index contributed by atoms with van der Waals surface area (Å²) in [6.45, 7) is 3.39. The Kier molecular flexibility index (Phi) is 5.53. The molecule has 0 aliphatic carbocycles. The Morgan fingerprint density at radius 2 is 2.05 bits per heavy atom. The first-order chi connectivity index (χ1) is 9.35. The molecule has 7 heteroatoms. The van der Waals surface area contributed by atoms with Crippen molar-refractivity contribution in [2.45, 2.75) is 19.9 Å².